The van der Waals surface area contributed by atoms with E-state index in [1.165, 1.54) is 6.39 Å². The summed E-state index contributed by atoms with van der Waals surface area (Å²) in [6, 6.07) is 5.17. The Bertz CT molecular complexity index is 514. The van der Waals surface area contributed by atoms with E-state index in [2.05, 4.69) is 4.98 Å². The lowest BCUT2D eigenvalue weighted by Crippen LogP contribution is -2.19. The summed E-state index contributed by atoms with van der Waals surface area (Å²) in [5.41, 5.74) is 1.38. The predicted octanol–water partition coefficient (Wildman–Crippen LogP) is 3.17. The molecule has 0 aliphatic heterocycles. The van der Waals surface area contributed by atoms with Gasteiger partial charge in [-0.05, 0) is 25.0 Å². The number of hydrogen-bond acceptors (Lipinski definition) is 4. The second-order valence-corrected chi connectivity index (χ2v) is 3.92. The summed E-state index contributed by atoms with van der Waals surface area (Å²) in [5, 5.41) is 0. The summed E-state index contributed by atoms with van der Waals surface area (Å²) in [6.45, 7) is 3.96. The molecular weight excluding hydrogens is 218 g/mol. The fourth-order valence-corrected chi connectivity index (χ4v) is 1.72. The van der Waals surface area contributed by atoms with Crippen molar-refractivity contribution in [3.8, 4) is 5.75 Å². The van der Waals surface area contributed by atoms with Gasteiger partial charge in [0.25, 0.3) is 0 Å². The van der Waals surface area contributed by atoms with Crippen molar-refractivity contribution in [3.05, 3.63) is 24.6 Å². The number of esters is 1. The molecule has 1 aromatic heterocycles. The van der Waals surface area contributed by atoms with Crippen molar-refractivity contribution >= 4 is 17.1 Å². The molecule has 0 aliphatic rings. The van der Waals surface area contributed by atoms with E-state index in [0.29, 0.717) is 16.8 Å². The van der Waals surface area contributed by atoms with Crippen LogP contribution in [0.25, 0.3) is 11.1 Å². The third kappa shape index (κ3) is 2.46. The molecule has 1 heterocycles. The minimum Gasteiger partial charge on any atom is -0.443 e. The van der Waals surface area contributed by atoms with Gasteiger partial charge < -0.3 is 9.15 Å². The molecule has 4 heteroatoms. The lowest BCUT2D eigenvalue weighted by atomic mass is 10.0. The van der Waals surface area contributed by atoms with Gasteiger partial charge in [-0.3, -0.25) is 4.79 Å². The molecule has 0 atom stereocenters. The summed E-state index contributed by atoms with van der Waals surface area (Å²) >= 11 is 0. The highest BCUT2D eigenvalue weighted by atomic mass is 16.5. The number of carbonyl (C=O) groups excluding carboxylic acids is 1. The highest BCUT2D eigenvalue weighted by Gasteiger charge is 2.16. The Morgan fingerprint density at radius 1 is 1.41 bits per heavy atom. The molecule has 90 valence electrons. The van der Waals surface area contributed by atoms with Gasteiger partial charge in [-0.1, -0.05) is 13.8 Å². The molecule has 0 unspecified atom stereocenters. The van der Waals surface area contributed by atoms with Gasteiger partial charge in [0.1, 0.15) is 11.3 Å². The van der Waals surface area contributed by atoms with Crippen LogP contribution in [0.5, 0.6) is 5.75 Å². The first kappa shape index (κ1) is 11.6. The zero-order valence-corrected chi connectivity index (χ0v) is 9.97. The molecule has 0 amide bonds. The van der Waals surface area contributed by atoms with Crippen molar-refractivity contribution < 1.29 is 13.9 Å². The van der Waals surface area contributed by atoms with Crippen LogP contribution in [0, 0.1) is 5.92 Å². The number of nitrogens with zero attached hydrogens (tertiary/aromatic N) is 1. The zero-order valence-electron chi connectivity index (χ0n) is 9.97. The Hall–Kier alpha value is -1.84. The average molecular weight is 233 g/mol. The van der Waals surface area contributed by atoms with E-state index in [-0.39, 0.29) is 11.9 Å². The molecule has 0 fully saturated rings. The number of benzene rings is 1. The molecule has 1 aromatic carbocycles. The van der Waals surface area contributed by atoms with Crippen LogP contribution in [0.1, 0.15) is 26.7 Å². The van der Waals surface area contributed by atoms with Gasteiger partial charge in [-0.25, -0.2) is 4.98 Å². The molecule has 0 bridgehead atoms. The van der Waals surface area contributed by atoms with E-state index in [1.54, 1.807) is 18.2 Å². The number of carbonyl (C=O) groups is 1. The number of hydrogen-bond donors (Lipinski definition) is 0. The van der Waals surface area contributed by atoms with Crippen molar-refractivity contribution in [3.63, 3.8) is 0 Å². The van der Waals surface area contributed by atoms with Crippen LogP contribution in [-0.4, -0.2) is 11.0 Å². The Labute approximate surface area is 99.6 Å². The van der Waals surface area contributed by atoms with Crippen LogP contribution in [0.4, 0.5) is 0 Å². The molecule has 17 heavy (non-hydrogen) atoms. The quantitative estimate of drug-likeness (QED) is 0.601. The maximum absolute atomic E-state index is 11.8. The summed E-state index contributed by atoms with van der Waals surface area (Å²) in [6.07, 6.45) is 2.96. The van der Waals surface area contributed by atoms with E-state index in [1.807, 2.05) is 13.8 Å². The number of rotatable bonds is 4. The van der Waals surface area contributed by atoms with Gasteiger partial charge in [-0.15, -0.1) is 0 Å². The first-order chi connectivity index (χ1) is 8.24. The molecule has 0 N–H and O–H groups in total. The third-order valence-electron chi connectivity index (χ3n) is 2.84. The molecular formula is C13H15NO3. The van der Waals surface area contributed by atoms with Gasteiger partial charge in [0.05, 0.1) is 5.92 Å². The van der Waals surface area contributed by atoms with Gasteiger partial charge in [0, 0.05) is 6.07 Å². The Balaban J connectivity index is 2.14. The molecule has 4 nitrogen and oxygen atoms in total. The predicted molar refractivity (Wildman–Crippen MR) is 63.7 cm³/mol. The highest BCUT2D eigenvalue weighted by Crippen LogP contribution is 2.21. The summed E-state index contributed by atoms with van der Waals surface area (Å²) in [5.74, 6) is 0.296. The second kappa shape index (κ2) is 4.99. The summed E-state index contributed by atoms with van der Waals surface area (Å²) < 4.78 is 10.4. The molecule has 0 radical (unpaired) electrons. The maximum Gasteiger partial charge on any atom is 0.314 e. The molecule has 0 spiro atoms. The van der Waals surface area contributed by atoms with Crippen LogP contribution >= 0.6 is 0 Å². The molecule has 0 saturated heterocycles. The standard InChI is InChI=1S/C13H15NO3/c1-3-9(4-2)13(15)17-10-5-6-12-11(7-10)14-8-16-12/h5-9H,3-4H2,1-2H3. The van der Waals surface area contributed by atoms with Crippen LogP contribution in [-0.2, 0) is 4.79 Å². The molecule has 0 saturated carbocycles. The zero-order chi connectivity index (χ0) is 12.3. The van der Waals surface area contributed by atoms with Crippen LogP contribution in [0.3, 0.4) is 0 Å². The van der Waals surface area contributed by atoms with E-state index in [4.69, 9.17) is 9.15 Å². The fraction of sp³-hybridized carbons (Fsp3) is 0.385. The van der Waals surface area contributed by atoms with Crippen LogP contribution in [0.2, 0.25) is 0 Å². The Morgan fingerprint density at radius 2 is 2.18 bits per heavy atom. The van der Waals surface area contributed by atoms with E-state index in [9.17, 15) is 4.79 Å². The average Bonchev–Trinajstić information content (AvgIpc) is 2.77. The first-order valence-corrected chi connectivity index (χ1v) is 5.79. The minimum absolute atomic E-state index is 0.0389. The van der Waals surface area contributed by atoms with Gasteiger partial charge >= 0.3 is 5.97 Å². The van der Waals surface area contributed by atoms with Crippen molar-refractivity contribution in [2.45, 2.75) is 26.7 Å². The largest absolute Gasteiger partial charge is 0.443 e. The summed E-state index contributed by atoms with van der Waals surface area (Å²) in [4.78, 5) is 15.8. The number of fused-ring (bicyclic) bond motifs is 1. The maximum atomic E-state index is 11.8. The molecule has 0 aliphatic carbocycles. The number of oxazole rings is 1. The van der Waals surface area contributed by atoms with Crippen molar-refractivity contribution in [1.29, 1.82) is 0 Å². The minimum atomic E-state index is -0.183. The monoisotopic (exact) mass is 233 g/mol. The summed E-state index contributed by atoms with van der Waals surface area (Å²) in [7, 11) is 0. The third-order valence-corrected chi connectivity index (χ3v) is 2.84. The number of aromatic nitrogens is 1. The van der Waals surface area contributed by atoms with E-state index < -0.39 is 0 Å². The lowest BCUT2D eigenvalue weighted by Gasteiger charge is -2.11. The second-order valence-electron chi connectivity index (χ2n) is 3.92. The van der Waals surface area contributed by atoms with Crippen LogP contribution in [0.15, 0.2) is 29.0 Å². The SMILES string of the molecule is CCC(CC)C(=O)Oc1ccc2ocnc2c1. The van der Waals surface area contributed by atoms with E-state index >= 15 is 0 Å². The lowest BCUT2D eigenvalue weighted by molar-refractivity contribution is -0.139. The number of ether oxygens (including phenoxy) is 1. The molecule has 2 aromatic rings. The van der Waals surface area contributed by atoms with Crippen molar-refractivity contribution in [2.24, 2.45) is 5.92 Å². The van der Waals surface area contributed by atoms with Gasteiger partial charge in [0.2, 0.25) is 0 Å². The van der Waals surface area contributed by atoms with Crippen molar-refractivity contribution in [1.82, 2.24) is 4.98 Å². The van der Waals surface area contributed by atoms with Crippen molar-refractivity contribution in [2.75, 3.05) is 0 Å². The first-order valence-electron chi connectivity index (χ1n) is 5.79. The topological polar surface area (TPSA) is 52.3 Å². The fourth-order valence-electron chi connectivity index (χ4n) is 1.72. The van der Waals surface area contributed by atoms with E-state index in [0.717, 1.165) is 12.8 Å². The van der Waals surface area contributed by atoms with Gasteiger partial charge in [0.15, 0.2) is 12.0 Å². The van der Waals surface area contributed by atoms with Gasteiger partial charge in [-0.2, -0.15) is 0 Å². The van der Waals surface area contributed by atoms with Crippen LogP contribution < -0.4 is 4.74 Å². The Kier molecular flexibility index (Phi) is 3.42. The smallest absolute Gasteiger partial charge is 0.314 e. The Morgan fingerprint density at radius 3 is 2.88 bits per heavy atom. The highest BCUT2D eigenvalue weighted by molar-refractivity contribution is 5.78. The normalized spacial score (nSPS) is 11.0. The molecule has 2 rings (SSSR count).